The highest BCUT2D eigenvalue weighted by Gasteiger charge is 2.27. The maximum Gasteiger partial charge on any atom is 0.167 e. The topological polar surface area (TPSA) is 43.1 Å². The predicted molar refractivity (Wildman–Crippen MR) is 65.3 cm³/mol. The first-order chi connectivity index (χ1) is 8.18. The van der Waals surface area contributed by atoms with Gasteiger partial charge in [-0.3, -0.25) is 4.79 Å². The largest absolute Gasteiger partial charge is 0.327 e. The van der Waals surface area contributed by atoms with Crippen LogP contribution in [0.1, 0.15) is 42.5 Å². The van der Waals surface area contributed by atoms with Crippen LogP contribution in [-0.2, 0) is 0 Å². The summed E-state index contributed by atoms with van der Waals surface area (Å²) in [7, 11) is 0. The van der Waals surface area contributed by atoms with Crippen LogP contribution in [0.4, 0.5) is 4.39 Å². The van der Waals surface area contributed by atoms with Gasteiger partial charge in [-0.15, -0.1) is 0 Å². The fourth-order valence-electron chi connectivity index (χ4n) is 2.52. The Labute approximate surface area is 101 Å². The summed E-state index contributed by atoms with van der Waals surface area (Å²) in [6, 6.07) is 5.82. The van der Waals surface area contributed by atoms with Gasteiger partial charge < -0.3 is 5.73 Å². The molecule has 1 fully saturated rings. The first kappa shape index (κ1) is 12.2. The van der Waals surface area contributed by atoms with E-state index in [0.29, 0.717) is 5.56 Å². The van der Waals surface area contributed by atoms with E-state index in [1.807, 2.05) is 0 Å². The molecule has 1 aromatic carbocycles. The molecule has 0 spiro atoms. The number of benzene rings is 1. The Kier molecular flexibility index (Phi) is 3.89. The summed E-state index contributed by atoms with van der Waals surface area (Å²) in [5.74, 6) is -0.503. The van der Waals surface area contributed by atoms with Gasteiger partial charge >= 0.3 is 0 Å². The second kappa shape index (κ2) is 5.41. The van der Waals surface area contributed by atoms with Crippen molar-refractivity contribution < 1.29 is 9.18 Å². The molecule has 1 aliphatic carbocycles. The van der Waals surface area contributed by atoms with Crippen molar-refractivity contribution in [3.63, 3.8) is 0 Å². The minimum Gasteiger partial charge on any atom is -0.327 e. The summed E-state index contributed by atoms with van der Waals surface area (Å²) >= 11 is 0. The highest BCUT2D eigenvalue weighted by Crippen LogP contribution is 2.25. The highest BCUT2D eigenvalue weighted by molar-refractivity contribution is 5.98. The number of carbonyl (C=O) groups excluding carboxylic acids is 1. The molecular weight excluding hydrogens is 217 g/mol. The number of hydrogen-bond donors (Lipinski definition) is 1. The number of rotatable bonds is 2. The minimum absolute atomic E-state index is 0.00102. The van der Waals surface area contributed by atoms with E-state index in [2.05, 4.69) is 0 Å². The molecule has 0 radical (unpaired) electrons. The van der Waals surface area contributed by atoms with Crippen LogP contribution in [0.15, 0.2) is 24.3 Å². The van der Waals surface area contributed by atoms with Crippen LogP contribution in [0.2, 0.25) is 0 Å². The average Bonchev–Trinajstić information content (AvgIpc) is 2.53. The molecule has 92 valence electrons. The SMILES string of the molecule is NC1CCCCCC1C(=O)c1cccc(F)c1. The number of nitrogens with two attached hydrogens (primary N) is 1. The normalized spacial score (nSPS) is 25.3. The molecule has 2 atom stereocenters. The minimum atomic E-state index is -0.363. The van der Waals surface area contributed by atoms with E-state index in [-0.39, 0.29) is 23.6 Å². The fourth-order valence-corrected chi connectivity index (χ4v) is 2.52. The number of carbonyl (C=O) groups is 1. The van der Waals surface area contributed by atoms with Crippen LogP contribution in [0.25, 0.3) is 0 Å². The summed E-state index contributed by atoms with van der Waals surface area (Å²) in [5, 5.41) is 0. The standard InChI is InChI=1S/C14H18FNO/c15-11-6-4-5-10(9-11)14(17)12-7-2-1-3-8-13(12)16/h4-6,9,12-13H,1-3,7-8,16H2. The zero-order chi connectivity index (χ0) is 12.3. The van der Waals surface area contributed by atoms with Gasteiger partial charge in [-0.2, -0.15) is 0 Å². The van der Waals surface area contributed by atoms with Crippen LogP contribution in [0.3, 0.4) is 0 Å². The molecule has 0 aliphatic heterocycles. The van der Waals surface area contributed by atoms with E-state index in [0.717, 1.165) is 32.1 Å². The summed E-state index contributed by atoms with van der Waals surface area (Å²) in [4.78, 5) is 12.3. The van der Waals surface area contributed by atoms with Gasteiger partial charge in [-0.25, -0.2) is 4.39 Å². The number of Topliss-reactive ketones (excluding diaryl/α,β-unsaturated/α-hetero) is 1. The molecule has 17 heavy (non-hydrogen) atoms. The molecule has 0 saturated heterocycles. The lowest BCUT2D eigenvalue weighted by Gasteiger charge is -2.19. The number of ketones is 1. The summed E-state index contributed by atoms with van der Waals surface area (Å²) in [6.07, 6.45) is 5.00. The third-order valence-electron chi connectivity index (χ3n) is 3.52. The Hall–Kier alpha value is -1.22. The number of halogens is 1. The van der Waals surface area contributed by atoms with Crippen LogP contribution >= 0.6 is 0 Å². The van der Waals surface area contributed by atoms with Gasteiger partial charge in [0.15, 0.2) is 5.78 Å². The molecule has 3 heteroatoms. The monoisotopic (exact) mass is 235 g/mol. The molecular formula is C14H18FNO. The molecule has 2 nitrogen and oxygen atoms in total. The molecule has 0 amide bonds. The second-order valence-corrected chi connectivity index (χ2v) is 4.78. The van der Waals surface area contributed by atoms with E-state index in [4.69, 9.17) is 5.73 Å². The molecule has 2 unspecified atom stereocenters. The molecule has 2 N–H and O–H groups in total. The van der Waals surface area contributed by atoms with Gasteiger partial charge in [0, 0.05) is 17.5 Å². The van der Waals surface area contributed by atoms with Crippen LogP contribution in [-0.4, -0.2) is 11.8 Å². The van der Waals surface area contributed by atoms with Crippen molar-refractivity contribution in [2.24, 2.45) is 11.7 Å². The van der Waals surface area contributed by atoms with Crippen molar-refractivity contribution >= 4 is 5.78 Å². The summed E-state index contributed by atoms with van der Waals surface area (Å²) in [6.45, 7) is 0. The lowest BCUT2D eigenvalue weighted by Crippen LogP contribution is -2.34. The van der Waals surface area contributed by atoms with Crippen LogP contribution in [0.5, 0.6) is 0 Å². The quantitative estimate of drug-likeness (QED) is 0.632. The molecule has 1 aliphatic rings. The average molecular weight is 235 g/mol. The number of hydrogen-bond acceptors (Lipinski definition) is 2. The zero-order valence-electron chi connectivity index (χ0n) is 9.86. The Morgan fingerprint density at radius 1 is 1.24 bits per heavy atom. The first-order valence-corrected chi connectivity index (χ1v) is 6.24. The molecule has 1 saturated carbocycles. The Balaban J connectivity index is 2.18. The Morgan fingerprint density at radius 2 is 2.00 bits per heavy atom. The highest BCUT2D eigenvalue weighted by atomic mass is 19.1. The van der Waals surface area contributed by atoms with Gasteiger partial charge in [0.1, 0.15) is 5.82 Å². The van der Waals surface area contributed by atoms with Crippen molar-refractivity contribution in [2.75, 3.05) is 0 Å². The fraction of sp³-hybridized carbons (Fsp3) is 0.500. The summed E-state index contributed by atoms with van der Waals surface area (Å²) in [5.41, 5.74) is 6.49. The Morgan fingerprint density at radius 3 is 2.76 bits per heavy atom. The Bertz CT molecular complexity index is 405. The van der Waals surface area contributed by atoms with Crippen molar-refractivity contribution in [3.05, 3.63) is 35.6 Å². The van der Waals surface area contributed by atoms with E-state index >= 15 is 0 Å². The van der Waals surface area contributed by atoms with E-state index in [1.165, 1.54) is 12.1 Å². The lowest BCUT2D eigenvalue weighted by atomic mass is 9.87. The predicted octanol–water partition coefficient (Wildman–Crippen LogP) is 2.92. The van der Waals surface area contributed by atoms with Crippen molar-refractivity contribution in [2.45, 2.75) is 38.1 Å². The molecule has 1 aromatic rings. The maximum atomic E-state index is 13.1. The molecule has 0 aromatic heterocycles. The molecule has 0 heterocycles. The van der Waals surface area contributed by atoms with Gasteiger partial charge in [0.2, 0.25) is 0 Å². The van der Waals surface area contributed by atoms with Gasteiger partial charge in [-0.05, 0) is 25.0 Å². The molecule has 0 bridgehead atoms. The van der Waals surface area contributed by atoms with Crippen LogP contribution in [0, 0.1) is 11.7 Å². The van der Waals surface area contributed by atoms with Crippen molar-refractivity contribution in [1.29, 1.82) is 0 Å². The van der Waals surface area contributed by atoms with E-state index < -0.39 is 0 Å². The third kappa shape index (κ3) is 2.91. The summed E-state index contributed by atoms with van der Waals surface area (Å²) < 4.78 is 13.1. The maximum absolute atomic E-state index is 13.1. The van der Waals surface area contributed by atoms with Gasteiger partial charge in [-0.1, -0.05) is 31.4 Å². The first-order valence-electron chi connectivity index (χ1n) is 6.24. The third-order valence-corrected chi connectivity index (χ3v) is 3.52. The molecule has 2 rings (SSSR count). The second-order valence-electron chi connectivity index (χ2n) is 4.78. The zero-order valence-corrected chi connectivity index (χ0v) is 9.86. The van der Waals surface area contributed by atoms with Crippen molar-refractivity contribution in [3.8, 4) is 0 Å². The van der Waals surface area contributed by atoms with E-state index in [1.54, 1.807) is 12.1 Å². The van der Waals surface area contributed by atoms with E-state index in [9.17, 15) is 9.18 Å². The van der Waals surface area contributed by atoms with Gasteiger partial charge in [0.25, 0.3) is 0 Å². The van der Waals surface area contributed by atoms with Crippen LogP contribution < -0.4 is 5.73 Å². The van der Waals surface area contributed by atoms with Gasteiger partial charge in [0.05, 0.1) is 0 Å². The smallest absolute Gasteiger partial charge is 0.167 e. The lowest BCUT2D eigenvalue weighted by molar-refractivity contribution is 0.0894. The van der Waals surface area contributed by atoms with Crippen molar-refractivity contribution in [1.82, 2.24) is 0 Å².